The van der Waals surface area contributed by atoms with Gasteiger partial charge < -0.3 is 0 Å². The van der Waals surface area contributed by atoms with Crippen LogP contribution < -0.4 is 0 Å². The summed E-state index contributed by atoms with van der Waals surface area (Å²) in [4.78, 5) is 12.3. The Morgan fingerprint density at radius 1 is 1.26 bits per heavy atom. The van der Waals surface area contributed by atoms with Crippen LogP contribution in [0.15, 0.2) is 24.3 Å². The van der Waals surface area contributed by atoms with Crippen molar-refractivity contribution in [1.29, 1.82) is 0 Å². The number of carbonyl (C=O) groups is 1. The Bertz CT molecular complexity index is 431. The van der Waals surface area contributed by atoms with E-state index in [0.717, 1.165) is 30.2 Å². The highest BCUT2D eigenvalue weighted by Crippen LogP contribution is 2.34. The number of hydrogen-bond acceptors (Lipinski definition) is 1. The number of Topliss-reactive ketones (excluding diaryl/α,β-unsaturated/α-hetero) is 1. The van der Waals surface area contributed by atoms with E-state index in [1.807, 2.05) is 24.3 Å². The van der Waals surface area contributed by atoms with Crippen molar-refractivity contribution in [1.82, 2.24) is 0 Å². The van der Waals surface area contributed by atoms with Crippen LogP contribution in [0.25, 0.3) is 0 Å². The second-order valence-corrected chi connectivity index (χ2v) is 6.57. The monoisotopic (exact) mass is 278 g/mol. The lowest BCUT2D eigenvalue weighted by Gasteiger charge is -2.30. The van der Waals surface area contributed by atoms with Crippen LogP contribution in [0.2, 0.25) is 5.02 Å². The molecule has 1 nitrogen and oxygen atoms in total. The van der Waals surface area contributed by atoms with Crippen LogP contribution in [0.1, 0.15) is 45.1 Å². The van der Waals surface area contributed by atoms with E-state index in [-0.39, 0.29) is 5.92 Å². The summed E-state index contributed by atoms with van der Waals surface area (Å²) >= 11 is 5.96. The Morgan fingerprint density at radius 2 is 1.95 bits per heavy atom. The third kappa shape index (κ3) is 4.07. The van der Waals surface area contributed by atoms with Crippen molar-refractivity contribution in [3.8, 4) is 0 Å². The highest BCUT2D eigenvalue weighted by atomic mass is 35.5. The van der Waals surface area contributed by atoms with Crippen molar-refractivity contribution in [2.45, 2.75) is 46.0 Å². The number of rotatable bonds is 4. The van der Waals surface area contributed by atoms with Crippen LogP contribution >= 0.6 is 11.6 Å². The van der Waals surface area contributed by atoms with Gasteiger partial charge in [-0.1, -0.05) is 37.6 Å². The van der Waals surface area contributed by atoms with E-state index in [4.69, 9.17) is 11.6 Å². The summed E-state index contributed by atoms with van der Waals surface area (Å²) in [5, 5.41) is 0.716. The van der Waals surface area contributed by atoms with Crippen molar-refractivity contribution >= 4 is 17.4 Å². The fourth-order valence-electron chi connectivity index (χ4n) is 3.10. The van der Waals surface area contributed by atoms with Crippen molar-refractivity contribution in [2.24, 2.45) is 17.8 Å². The second-order valence-electron chi connectivity index (χ2n) is 6.13. The number of benzene rings is 1. The van der Waals surface area contributed by atoms with Crippen molar-refractivity contribution in [3.63, 3.8) is 0 Å². The van der Waals surface area contributed by atoms with Crippen LogP contribution in [0, 0.1) is 17.8 Å². The maximum atomic E-state index is 12.3. The van der Waals surface area contributed by atoms with Gasteiger partial charge in [-0.3, -0.25) is 4.79 Å². The summed E-state index contributed by atoms with van der Waals surface area (Å²) in [7, 11) is 0. The highest BCUT2D eigenvalue weighted by Gasteiger charge is 2.27. The molecule has 0 radical (unpaired) electrons. The standard InChI is InChI=1S/C17H23ClO/c1-12(2)14-6-8-15(9-7-14)17(19)11-13-4-3-5-16(18)10-13/h3-5,10,12,14-15H,6-9,11H2,1-2H3. The molecular weight excluding hydrogens is 256 g/mol. The van der Waals surface area contributed by atoms with E-state index in [1.54, 1.807) is 0 Å². The summed E-state index contributed by atoms with van der Waals surface area (Å²) in [5.74, 6) is 2.23. The predicted molar refractivity (Wildman–Crippen MR) is 80.4 cm³/mol. The molecule has 104 valence electrons. The predicted octanol–water partition coefficient (Wildman–Crippen LogP) is 4.91. The van der Waals surface area contributed by atoms with Crippen LogP contribution in [-0.4, -0.2) is 5.78 Å². The van der Waals surface area contributed by atoms with Crippen LogP contribution in [0.5, 0.6) is 0 Å². The first kappa shape index (κ1) is 14.6. The minimum absolute atomic E-state index is 0.272. The molecule has 0 spiro atoms. The molecule has 1 saturated carbocycles. The van der Waals surface area contributed by atoms with Gasteiger partial charge in [-0.05, 0) is 55.2 Å². The van der Waals surface area contributed by atoms with Gasteiger partial charge in [0.05, 0.1) is 0 Å². The van der Waals surface area contributed by atoms with Crippen molar-refractivity contribution in [2.75, 3.05) is 0 Å². The van der Waals surface area contributed by atoms with Gasteiger partial charge in [0, 0.05) is 17.4 Å². The fraction of sp³-hybridized carbons (Fsp3) is 0.588. The lowest BCUT2D eigenvalue weighted by Crippen LogP contribution is -2.25. The minimum Gasteiger partial charge on any atom is -0.299 e. The molecule has 1 aliphatic carbocycles. The van der Waals surface area contributed by atoms with E-state index in [1.165, 1.54) is 12.8 Å². The van der Waals surface area contributed by atoms with Crippen LogP contribution in [0.3, 0.4) is 0 Å². The molecule has 0 amide bonds. The fourth-order valence-corrected chi connectivity index (χ4v) is 3.31. The Hall–Kier alpha value is -0.820. The molecule has 0 aromatic heterocycles. The minimum atomic E-state index is 0.272. The van der Waals surface area contributed by atoms with Gasteiger partial charge in [0.1, 0.15) is 5.78 Å². The average Bonchev–Trinajstić information content (AvgIpc) is 2.39. The first-order valence-corrected chi connectivity index (χ1v) is 7.71. The molecule has 0 unspecified atom stereocenters. The summed E-state index contributed by atoms with van der Waals surface area (Å²) in [6, 6.07) is 7.66. The largest absolute Gasteiger partial charge is 0.299 e. The third-order valence-electron chi connectivity index (χ3n) is 4.44. The molecular formula is C17H23ClO. The molecule has 1 aromatic carbocycles. The molecule has 0 atom stereocenters. The van der Waals surface area contributed by atoms with E-state index < -0.39 is 0 Å². The smallest absolute Gasteiger partial charge is 0.140 e. The molecule has 1 aliphatic rings. The molecule has 19 heavy (non-hydrogen) atoms. The van der Waals surface area contributed by atoms with Crippen LogP contribution in [0.4, 0.5) is 0 Å². The third-order valence-corrected chi connectivity index (χ3v) is 4.67. The summed E-state index contributed by atoms with van der Waals surface area (Å²) in [6.07, 6.45) is 5.11. The van der Waals surface area contributed by atoms with E-state index in [9.17, 15) is 4.79 Å². The molecule has 0 heterocycles. The van der Waals surface area contributed by atoms with Gasteiger partial charge in [0.2, 0.25) is 0 Å². The first-order chi connectivity index (χ1) is 9.06. The van der Waals surface area contributed by atoms with Gasteiger partial charge in [-0.15, -0.1) is 0 Å². The van der Waals surface area contributed by atoms with Gasteiger partial charge in [-0.2, -0.15) is 0 Å². The van der Waals surface area contributed by atoms with E-state index in [2.05, 4.69) is 13.8 Å². The maximum absolute atomic E-state index is 12.3. The first-order valence-electron chi connectivity index (χ1n) is 7.33. The molecule has 0 saturated heterocycles. The number of hydrogen-bond donors (Lipinski definition) is 0. The van der Waals surface area contributed by atoms with Gasteiger partial charge in [0.15, 0.2) is 0 Å². The van der Waals surface area contributed by atoms with Crippen LogP contribution in [-0.2, 0) is 11.2 Å². The zero-order valence-electron chi connectivity index (χ0n) is 11.9. The summed E-state index contributed by atoms with van der Waals surface area (Å²) < 4.78 is 0. The molecule has 0 aliphatic heterocycles. The average molecular weight is 279 g/mol. The molecule has 2 heteroatoms. The Balaban J connectivity index is 1.88. The number of ketones is 1. The highest BCUT2D eigenvalue weighted by molar-refractivity contribution is 6.30. The maximum Gasteiger partial charge on any atom is 0.140 e. The Kier molecular flexibility index (Phi) is 5.04. The molecule has 0 bridgehead atoms. The Labute approximate surface area is 121 Å². The number of halogens is 1. The van der Waals surface area contributed by atoms with Gasteiger partial charge in [-0.25, -0.2) is 0 Å². The zero-order chi connectivity index (χ0) is 13.8. The normalized spacial score (nSPS) is 23.6. The Morgan fingerprint density at radius 3 is 2.53 bits per heavy atom. The lowest BCUT2D eigenvalue weighted by molar-refractivity contribution is -0.123. The quantitative estimate of drug-likeness (QED) is 0.764. The SMILES string of the molecule is CC(C)C1CCC(C(=O)Cc2cccc(Cl)c2)CC1. The van der Waals surface area contributed by atoms with Gasteiger partial charge in [0.25, 0.3) is 0 Å². The molecule has 0 N–H and O–H groups in total. The number of carbonyl (C=O) groups excluding carboxylic acids is 1. The molecule has 1 aromatic rings. The van der Waals surface area contributed by atoms with Gasteiger partial charge >= 0.3 is 0 Å². The lowest BCUT2D eigenvalue weighted by atomic mass is 9.75. The summed E-state index contributed by atoms with van der Waals surface area (Å²) in [5.41, 5.74) is 1.04. The second kappa shape index (κ2) is 6.56. The van der Waals surface area contributed by atoms with Crippen molar-refractivity contribution < 1.29 is 4.79 Å². The van der Waals surface area contributed by atoms with Crippen molar-refractivity contribution in [3.05, 3.63) is 34.9 Å². The summed E-state index contributed by atoms with van der Waals surface area (Å²) in [6.45, 7) is 4.58. The topological polar surface area (TPSA) is 17.1 Å². The zero-order valence-corrected chi connectivity index (χ0v) is 12.6. The van der Waals surface area contributed by atoms with E-state index >= 15 is 0 Å². The van der Waals surface area contributed by atoms with E-state index in [0.29, 0.717) is 17.2 Å². The molecule has 2 rings (SSSR count). The molecule has 1 fully saturated rings.